The van der Waals surface area contributed by atoms with Gasteiger partial charge in [-0.3, -0.25) is 0 Å². The third-order valence-corrected chi connectivity index (χ3v) is 6.29. The van der Waals surface area contributed by atoms with Gasteiger partial charge in [0, 0.05) is 11.3 Å². The van der Waals surface area contributed by atoms with Gasteiger partial charge in [0.15, 0.2) is 0 Å². The molecule has 1 atom stereocenters. The number of para-hydroxylation sites is 1. The Kier molecular flexibility index (Phi) is 6.11. The van der Waals surface area contributed by atoms with Crippen LogP contribution < -0.4 is 10.1 Å². The minimum atomic E-state index is -0.494. The van der Waals surface area contributed by atoms with E-state index in [-0.39, 0.29) is 12.1 Å². The molecule has 1 aromatic heterocycles. The van der Waals surface area contributed by atoms with Crippen LogP contribution in [-0.4, -0.2) is 26.8 Å². The number of aromatic nitrogens is 3. The van der Waals surface area contributed by atoms with Crippen LogP contribution in [0.15, 0.2) is 72.2 Å². The Hall–Kier alpha value is -3.61. The Morgan fingerprint density at radius 1 is 1.06 bits per heavy atom. The summed E-state index contributed by atoms with van der Waals surface area (Å²) < 4.78 is 13.9. The SMILES string of the molecule is CC1=C(C(=O)OC2CCCCC2)C(c2ccccc2OCc2ccccc2)n2ncnc2N1. The lowest BCUT2D eigenvalue weighted by Crippen LogP contribution is -2.32. The summed E-state index contributed by atoms with van der Waals surface area (Å²) in [5.41, 5.74) is 3.17. The van der Waals surface area contributed by atoms with Crippen LogP contribution in [0.1, 0.15) is 56.2 Å². The molecule has 2 aromatic carbocycles. The van der Waals surface area contributed by atoms with E-state index >= 15 is 0 Å². The molecule has 1 saturated carbocycles. The van der Waals surface area contributed by atoms with E-state index in [0.29, 0.717) is 23.9 Å². The Labute approximate surface area is 193 Å². The monoisotopic (exact) mass is 444 g/mol. The highest BCUT2D eigenvalue weighted by Crippen LogP contribution is 2.39. The second-order valence-corrected chi connectivity index (χ2v) is 8.57. The van der Waals surface area contributed by atoms with Gasteiger partial charge in [0.1, 0.15) is 30.8 Å². The van der Waals surface area contributed by atoms with Crippen molar-refractivity contribution in [3.05, 3.63) is 83.3 Å². The molecule has 1 aliphatic heterocycles. The van der Waals surface area contributed by atoms with Crippen LogP contribution in [-0.2, 0) is 16.1 Å². The molecule has 33 heavy (non-hydrogen) atoms. The molecule has 170 valence electrons. The largest absolute Gasteiger partial charge is 0.489 e. The van der Waals surface area contributed by atoms with E-state index in [1.165, 1.54) is 12.7 Å². The molecule has 3 aromatic rings. The predicted molar refractivity (Wildman–Crippen MR) is 125 cm³/mol. The first-order valence-corrected chi connectivity index (χ1v) is 11.5. The fourth-order valence-electron chi connectivity index (χ4n) is 4.61. The first kappa shape index (κ1) is 21.2. The summed E-state index contributed by atoms with van der Waals surface area (Å²) in [6.07, 6.45) is 6.69. The number of carbonyl (C=O) groups is 1. The topological polar surface area (TPSA) is 78.3 Å². The number of fused-ring (bicyclic) bond motifs is 1. The predicted octanol–water partition coefficient (Wildman–Crippen LogP) is 5.02. The number of carbonyl (C=O) groups excluding carboxylic acids is 1. The Morgan fingerprint density at radius 3 is 2.64 bits per heavy atom. The van der Waals surface area contributed by atoms with Crippen molar-refractivity contribution in [1.29, 1.82) is 0 Å². The average molecular weight is 445 g/mol. The maximum absolute atomic E-state index is 13.5. The molecular formula is C26H28N4O3. The van der Waals surface area contributed by atoms with Crippen molar-refractivity contribution >= 4 is 11.9 Å². The van der Waals surface area contributed by atoms with Crippen molar-refractivity contribution in [2.75, 3.05) is 5.32 Å². The van der Waals surface area contributed by atoms with E-state index in [1.54, 1.807) is 4.68 Å². The lowest BCUT2D eigenvalue weighted by atomic mass is 9.94. The summed E-state index contributed by atoms with van der Waals surface area (Å²) in [5, 5.41) is 7.65. The van der Waals surface area contributed by atoms with Crippen molar-refractivity contribution in [3.63, 3.8) is 0 Å². The zero-order valence-corrected chi connectivity index (χ0v) is 18.7. The molecule has 0 saturated heterocycles. The number of benzene rings is 2. The van der Waals surface area contributed by atoms with Crippen LogP contribution in [0.25, 0.3) is 0 Å². The highest BCUT2D eigenvalue weighted by Gasteiger charge is 2.37. The number of hydrogen-bond acceptors (Lipinski definition) is 6. The smallest absolute Gasteiger partial charge is 0.338 e. The second-order valence-electron chi connectivity index (χ2n) is 8.57. The molecular weight excluding hydrogens is 416 g/mol. The lowest BCUT2D eigenvalue weighted by molar-refractivity contribution is -0.146. The first-order valence-electron chi connectivity index (χ1n) is 11.5. The van der Waals surface area contributed by atoms with Gasteiger partial charge in [-0.15, -0.1) is 0 Å². The summed E-state index contributed by atoms with van der Waals surface area (Å²) in [7, 11) is 0. The summed E-state index contributed by atoms with van der Waals surface area (Å²) in [6, 6.07) is 17.3. The summed E-state index contributed by atoms with van der Waals surface area (Å²) in [4.78, 5) is 17.8. The van der Waals surface area contributed by atoms with E-state index in [4.69, 9.17) is 9.47 Å². The summed E-state index contributed by atoms with van der Waals surface area (Å²) in [6.45, 7) is 2.31. The number of anilines is 1. The molecule has 7 heteroatoms. The molecule has 2 heterocycles. The maximum atomic E-state index is 13.5. The molecule has 0 spiro atoms. The van der Waals surface area contributed by atoms with Gasteiger partial charge in [-0.1, -0.05) is 55.0 Å². The second kappa shape index (κ2) is 9.48. The third-order valence-electron chi connectivity index (χ3n) is 6.29. The van der Waals surface area contributed by atoms with Gasteiger partial charge >= 0.3 is 5.97 Å². The maximum Gasteiger partial charge on any atom is 0.338 e. The fraction of sp³-hybridized carbons (Fsp3) is 0.346. The number of allylic oxidation sites excluding steroid dienone is 1. The molecule has 1 N–H and O–H groups in total. The van der Waals surface area contributed by atoms with Crippen molar-refractivity contribution in [1.82, 2.24) is 14.8 Å². The average Bonchev–Trinajstić information content (AvgIpc) is 3.31. The molecule has 5 rings (SSSR count). The molecule has 0 bridgehead atoms. The highest BCUT2D eigenvalue weighted by molar-refractivity contribution is 5.92. The van der Waals surface area contributed by atoms with Gasteiger partial charge in [0.25, 0.3) is 0 Å². The van der Waals surface area contributed by atoms with Gasteiger partial charge in [-0.05, 0) is 44.2 Å². The van der Waals surface area contributed by atoms with Gasteiger partial charge in [-0.2, -0.15) is 10.1 Å². The molecule has 1 fully saturated rings. The molecule has 1 unspecified atom stereocenters. The van der Waals surface area contributed by atoms with Crippen LogP contribution in [0.2, 0.25) is 0 Å². The molecule has 7 nitrogen and oxygen atoms in total. The Morgan fingerprint density at radius 2 is 1.82 bits per heavy atom. The van der Waals surface area contributed by atoms with Crippen LogP contribution >= 0.6 is 0 Å². The Bertz CT molecular complexity index is 1150. The molecule has 0 amide bonds. The van der Waals surface area contributed by atoms with Crippen LogP contribution in [0.3, 0.4) is 0 Å². The first-order chi connectivity index (χ1) is 16.2. The van der Waals surface area contributed by atoms with Gasteiger partial charge < -0.3 is 14.8 Å². The Balaban J connectivity index is 1.49. The van der Waals surface area contributed by atoms with E-state index in [2.05, 4.69) is 15.4 Å². The van der Waals surface area contributed by atoms with Crippen LogP contribution in [0, 0.1) is 0 Å². The third kappa shape index (κ3) is 4.49. The number of nitrogens with zero attached hydrogens (tertiary/aromatic N) is 3. The van der Waals surface area contributed by atoms with Gasteiger partial charge in [-0.25, -0.2) is 9.48 Å². The van der Waals surface area contributed by atoms with Crippen molar-refractivity contribution < 1.29 is 14.3 Å². The van der Waals surface area contributed by atoms with Crippen molar-refractivity contribution in [3.8, 4) is 5.75 Å². The van der Waals surface area contributed by atoms with E-state index in [0.717, 1.165) is 42.5 Å². The fourth-order valence-corrected chi connectivity index (χ4v) is 4.61. The summed E-state index contributed by atoms with van der Waals surface area (Å²) >= 11 is 0. The number of esters is 1. The van der Waals surface area contributed by atoms with E-state index < -0.39 is 6.04 Å². The summed E-state index contributed by atoms with van der Waals surface area (Å²) in [5.74, 6) is 0.978. The minimum Gasteiger partial charge on any atom is -0.489 e. The van der Waals surface area contributed by atoms with E-state index in [1.807, 2.05) is 61.5 Å². The standard InChI is InChI=1S/C26H28N4O3/c1-18-23(25(31)33-20-12-6-3-7-13-20)24(30-26(29-18)27-17-28-30)21-14-8-9-15-22(21)32-16-19-10-4-2-5-11-19/h2,4-5,8-11,14-15,17,20,24H,3,6-7,12-13,16H2,1H3,(H,27,28,29). The normalized spacial score (nSPS) is 18.4. The minimum absolute atomic E-state index is 0.0334. The van der Waals surface area contributed by atoms with Gasteiger partial charge in [0.2, 0.25) is 5.95 Å². The number of ether oxygens (including phenoxy) is 2. The van der Waals surface area contributed by atoms with Crippen molar-refractivity contribution in [2.45, 2.75) is 57.8 Å². The lowest BCUT2D eigenvalue weighted by Gasteiger charge is -2.31. The van der Waals surface area contributed by atoms with Gasteiger partial charge in [0.05, 0.1) is 5.57 Å². The zero-order valence-electron chi connectivity index (χ0n) is 18.7. The quantitative estimate of drug-likeness (QED) is 0.538. The molecule has 2 aliphatic rings. The number of rotatable bonds is 6. The number of hydrogen-bond donors (Lipinski definition) is 1. The molecule has 0 radical (unpaired) electrons. The van der Waals surface area contributed by atoms with E-state index in [9.17, 15) is 4.79 Å². The molecule has 1 aliphatic carbocycles. The zero-order chi connectivity index (χ0) is 22.6. The van der Waals surface area contributed by atoms with Crippen LogP contribution in [0.5, 0.6) is 5.75 Å². The highest BCUT2D eigenvalue weighted by atomic mass is 16.5. The van der Waals surface area contributed by atoms with Crippen molar-refractivity contribution in [2.24, 2.45) is 0 Å². The van der Waals surface area contributed by atoms with Crippen LogP contribution in [0.4, 0.5) is 5.95 Å². The number of nitrogens with one attached hydrogen (secondary N) is 1.